The number of aromatic nitrogens is 4. The van der Waals surface area contributed by atoms with Crippen molar-refractivity contribution in [2.45, 2.75) is 261 Å². The Kier molecular flexibility index (Phi) is 43.4. The number of fused-ring (bicyclic) bond motifs is 4. The van der Waals surface area contributed by atoms with Crippen molar-refractivity contribution in [3.8, 4) is 0 Å². The molecule has 4 aromatic heterocycles. The van der Waals surface area contributed by atoms with Crippen LogP contribution >= 0.6 is 0 Å². The fraction of sp³-hybridized carbons (Fsp3) is 0.520. The third kappa shape index (κ3) is 33.8. The van der Waals surface area contributed by atoms with Gasteiger partial charge in [0.15, 0.2) is 0 Å². The number of amides is 17. The van der Waals surface area contributed by atoms with Crippen molar-refractivity contribution in [2.24, 2.45) is 53.1 Å². The average Bonchev–Trinajstić information content (AvgIpc) is 2.29. The Bertz CT molecular complexity index is 5680. The van der Waals surface area contributed by atoms with Crippen LogP contribution in [-0.2, 0) is 107 Å². The molecule has 0 saturated heterocycles. The molecule has 0 bridgehead atoms. The fourth-order valence-corrected chi connectivity index (χ4v) is 16.6. The number of H-pyrrole nitrogens is 4. The minimum Gasteiger partial charge on any atom is -0.448 e. The molecule has 0 spiro atoms. The molecule has 0 fully saturated rings. The number of carbonyl (C=O) groups is 17. The van der Waals surface area contributed by atoms with Crippen LogP contribution in [0.5, 0.6) is 0 Å². The molecule has 0 radical (unpaired) electrons. The fourth-order valence-electron chi connectivity index (χ4n) is 16.6. The molecule has 0 saturated carbocycles. The van der Waals surface area contributed by atoms with E-state index in [1.54, 1.807) is 100 Å². The number of benzene rings is 4. The van der Waals surface area contributed by atoms with Gasteiger partial charge < -0.3 is 121 Å². The Hall–Kier alpha value is -14.2. The molecule has 8 aromatic rings. The third-order valence-corrected chi connectivity index (χ3v) is 24.2. The predicted octanol–water partition coefficient (Wildman–Crippen LogP) is 4.06. The van der Waals surface area contributed by atoms with Gasteiger partial charge in [0.05, 0.1) is 13.1 Å². The SMILES string of the molecule is CC(C)C[C@@H](NC(=O)[C@H](C)NC(=O)CNC(=O)[C@@H](NC=O)C(C)C)C(=O)N[C@@H](C)C(=O)N[C@@H](C(=O)N[C@H](C(=O)N[C@@H](C(=O)N[C@@H](Cc1c[nH]c2ccccc12)C(=O)N[C@H](CC(C)C)C(=O)N[C@@H](Cc1c[nH]c2ccccc12)C(=O)N[C@H](CC(C)C)C(=O)N[C@@H](Cc1c[nH]c2ccccc12)C(=O)N[C@H](CC(C)C)C(=O)N[C@@H](Cc1c[nH]c2ccccc12)C(=O)NCCOC(=O)NCCN)C(C)C)C(C)C)C(C)C. The topological polar surface area (TPSA) is 593 Å². The molecular formula is C102H146N22O18. The van der Waals surface area contributed by atoms with E-state index >= 15 is 28.8 Å². The quantitative estimate of drug-likeness (QED) is 0.0189. The maximum absolute atomic E-state index is 15.7. The molecule has 14 atom stereocenters. The first-order valence-corrected chi connectivity index (χ1v) is 48.8. The summed E-state index contributed by atoms with van der Waals surface area (Å²) in [4.78, 5) is 255. The predicted molar refractivity (Wildman–Crippen MR) is 539 cm³/mol. The van der Waals surface area contributed by atoms with E-state index in [-0.39, 0.29) is 107 Å². The molecule has 0 aliphatic heterocycles. The van der Waals surface area contributed by atoms with E-state index in [0.29, 0.717) is 50.5 Å². The molecule has 4 heterocycles. The molecular weight excluding hydrogens is 1820 g/mol. The summed E-state index contributed by atoms with van der Waals surface area (Å²) < 4.78 is 5.21. The van der Waals surface area contributed by atoms with Crippen LogP contribution in [0.15, 0.2) is 122 Å². The number of rotatable bonds is 56. The van der Waals surface area contributed by atoms with Gasteiger partial charge in [0.1, 0.15) is 91.2 Å². The van der Waals surface area contributed by atoms with Gasteiger partial charge in [0.25, 0.3) is 0 Å². The normalized spacial score (nSPS) is 14.6. The minimum atomic E-state index is -1.49. The molecule has 0 unspecified atom stereocenters. The molecule has 142 heavy (non-hydrogen) atoms. The standard InChI is InChI=1S/C102H146N22O18/c1-53(2)39-75(114-88(127)61(17)112-83(126)51-110-98(137)84(57(9)10)111-52-125)91(130)113-62(18)89(128)122-86(59(13)14)100(139)124-87(60(15)16)101(140)123-85(58(11)12)99(138)121-82(46-66-50-109-74-34-26-22-30-70(66)74)97(136)117-78(42-56(7)8)94(133)120-81(45-65-49-108-73-33-25-21-29-69(65)73)96(135)116-77(41-55(5)6)93(132)119-80(44-64-48-107-72-32-24-20-28-68(64)72)95(134)115-76(40-54(3)4)92(131)118-79(43-63-47-106-71-31-23-19-27-67(63)71)90(129)104-37-38-142-102(141)105-36-35-103/h19-34,47-50,52-62,75-82,84-87,106-109H,35-46,51,103H2,1-18H3,(H,104,129)(H,105,141)(H,110,137)(H,111,125)(H,112,126)(H,113,130)(H,114,127)(H,115,134)(H,116,135)(H,117,136)(H,118,131)(H,119,132)(H,120,133)(H,121,138)(H,122,128)(H,123,140)(H,124,139)/t61-,62-,75+,76+,77+,78+,79-,80-,81-,82-,84-,85+,86+,87-/m0/s1. The molecule has 8 rings (SSSR count). The second kappa shape index (κ2) is 54.5. The van der Waals surface area contributed by atoms with Crippen molar-refractivity contribution in [3.63, 3.8) is 0 Å². The second-order valence-corrected chi connectivity index (χ2v) is 39.3. The van der Waals surface area contributed by atoms with E-state index in [1.165, 1.54) is 13.8 Å². The largest absolute Gasteiger partial charge is 0.448 e. The van der Waals surface area contributed by atoms with Gasteiger partial charge in [-0.1, -0.05) is 184 Å². The van der Waals surface area contributed by atoms with E-state index in [2.05, 4.69) is 110 Å². The molecule has 40 heteroatoms. The smallest absolute Gasteiger partial charge is 0.407 e. The Labute approximate surface area is 827 Å². The summed E-state index contributed by atoms with van der Waals surface area (Å²) >= 11 is 0. The minimum absolute atomic E-state index is 0.00577. The molecule has 40 nitrogen and oxygen atoms in total. The van der Waals surface area contributed by atoms with E-state index in [1.807, 2.05) is 133 Å². The number of nitrogens with one attached hydrogen (secondary N) is 21. The zero-order valence-corrected chi connectivity index (χ0v) is 84.4. The van der Waals surface area contributed by atoms with Gasteiger partial charge in [-0.25, -0.2) is 4.79 Å². The Balaban J connectivity index is 1.01. The number of para-hydroxylation sites is 4. The molecule has 4 aromatic carbocycles. The number of hydrogen-bond donors (Lipinski definition) is 22. The lowest BCUT2D eigenvalue weighted by Crippen LogP contribution is -2.62. The highest BCUT2D eigenvalue weighted by Crippen LogP contribution is 2.26. The Morgan fingerprint density at radius 2 is 0.570 bits per heavy atom. The summed E-state index contributed by atoms with van der Waals surface area (Å²) in [6.45, 7) is 30.1. The Morgan fingerprint density at radius 3 is 0.894 bits per heavy atom. The lowest BCUT2D eigenvalue weighted by atomic mass is 9.97. The molecule has 0 aliphatic rings. The van der Waals surface area contributed by atoms with Crippen molar-refractivity contribution < 1.29 is 86.2 Å². The molecule has 772 valence electrons. The van der Waals surface area contributed by atoms with Crippen molar-refractivity contribution in [3.05, 3.63) is 144 Å². The van der Waals surface area contributed by atoms with Crippen LogP contribution in [0.4, 0.5) is 4.79 Å². The molecule has 23 N–H and O–H groups in total. The zero-order chi connectivity index (χ0) is 104. The van der Waals surface area contributed by atoms with Gasteiger partial charge in [-0.3, -0.25) is 76.7 Å². The van der Waals surface area contributed by atoms with Crippen molar-refractivity contribution in [2.75, 3.05) is 32.8 Å². The van der Waals surface area contributed by atoms with Gasteiger partial charge in [-0.2, -0.15) is 0 Å². The van der Waals surface area contributed by atoms with Crippen LogP contribution in [-0.4, -0.2) is 238 Å². The number of ether oxygens (including phenoxy) is 1. The number of aromatic amines is 4. The number of hydrogen-bond acceptors (Lipinski definition) is 19. The van der Waals surface area contributed by atoms with Gasteiger partial charge >= 0.3 is 6.09 Å². The summed E-state index contributed by atoms with van der Waals surface area (Å²) in [5.41, 5.74) is 10.9. The van der Waals surface area contributed by atoms with Gasteiger partial charge in [-0.05, 0) is 133 Å². The van der Waals surface area contributed by atoms with Crippen molar-refractivity contribution in [1.29, 1.82) is 0 Å². The Morgan fingerprint density at radius 1 is 0.296 bits per heavy atom. The zero-order valence-electron chi connectivity index (χ0n) is 84.4. The van der Waals surface area contributed by atoms with E-state index in [0.717, 1.165) is 21.8 Å². The average molecular weight is 1970 g/mol. The highest BCUT2D eigenvalue weighted by molar-refractivity contribution is 6.02. The molecule has 0 aliphatic carbocycles. The first-order valence-electron chi connectivity index (χ1n) is 48.8. The van der Waals surface area contributed by atoms with Crippen LogP contribution in [0.25, 0.3) is 43.6 Å². The summed E-state index contributed by atoms with van der Waals surface area (Å²) in [5, 5.41) is 49.4. The van der Waals surface area contributed by atoms with Crippen molar-refractivity contribution >= 4 is 145 Å². The first-order chi connectivity index (χ1) is 67.3. The van der Waals surface area contributed by atoms with E-state index < -0.39 is 204 Å². The van der Waals surface area contributed by atoms with Gasteiger partial charge in [-0.15, -0.1) is 0 Å². The summed E-state index contributed by atoms with van der Waals surface area (Å²) in [6.07, 6.45) is 6.09. The van der Waals surface area contributed by atoms with Gasteiger partial charge in [0.2, 0.25) is 95.0 Å². The lowest BCUT2D eigenvalue weighted by molar-refractivity contribution is -0.137. The number of alkyl carbamates (subject to hydrolysis) is 1. The van der Waals surface area contributed by atoms with E-state index in [9.17, 15) is 52.7 Å². The maximum atomic E-state index is 15.7. The van der Waals surface area contributed by atoms with Crippen LogP contribution in [0.3, 0.4) is 0 Å². The first kappa shape index (κ1) is 113. The van der Waals surface area contributed by atoms with E-state index in [4.69, 9.17) is 10.5 Å². The summed E-state index contributed by atoms with van der Waals surface area (Å²) in [5.74, 6) is -14.8. The maximum Gasteiger partial charge on any atom is 0.407 e. The summed E-state index contributed by atoms with van der Waals surface area (Å²) in [6, 6.07) is 10.8. The van der Waals surface area contributed by atoms with Crippen LogP contribution in [0, 0.1) is 47.3 Å². The number of nitrogens with two attached hydrogens (primary N) is 1. The summed E-state index contributed by atoms with van der Waals surface area (Å²) in [7, 11) is 0. The lowest BCUT2D eigenvalue weighted by Gasteiger charge is -2.31. The van der Waals surface area contributed by atoms with Crippen LogP contribution in [0.1, 0.15) is 173 Å². The number of carbonyl (C=O) groups excluding carboxylic acids is 17. The highest BCUT2D eigenvalue weighted by Gasteiger charge is 2.41. The van der Waals surface area contributed by atoms with Crippen molar-refractivity contribution in [1.82, 2.24) is 110 Å². The monoisotopic (exact) mass is 1970 g/mol. The molecule has 17 amide bonds. The second-order valence-electron chi connectivity index (χ2n) is 39.3. The van der Waals surface area contributed by atoms with Crippen LogP contribution < -0.4 is 96.1 Å². The third-order valence-electron chi connectivity index (χ3n) is 24.2. The van der Waals surface area contributed by atoms with Gasteiger partial charge in [0, 0.05) is 107 Å². The highest BCUT2D eigenvalue weighted by atomic mass is 16.5. The van der Waals surface area contributed by atoms with Crippen LogP contribution in [0.2, 0.25) is 0 Å².